The van der Waals surface area contributed by atoms with Crippen molar-refractivity contribution in [1.29, 1.82) is 0 Å². The number of carbonyl (C=O) groups is 2. The average Bonchev–Trinajstić information content (AvgIpc) is 3.07. The van der Waals surface area contributed by atoms with Crippen LogP contribution in [0.2, 0.25) is 0 Å². The minimum atomic E-state index is -0.833. The molecule has 20 heavy (non-hydrogen) atoms. The molecule has 1 N–H and O–H groups in total. The molecule has 0 radical (unpaired) electrons. The lowest BCUT2D eigenvalue weighted by molar-refractivity contribution is -0.152. The van der Waals surface area contributed by atoms with Crippen LogP contribution in [0.15, 0.2) is 12.2 Å². The van der Waals surface area contributed by atoms with Crippen molar-refractivity contribution in [1.82, 2.24) is 4.90 Å². The fourth-order valence-corrected chi connectivity index (χ4v) is 3.98. The van der Waals surface area contributed by atoms with E-state index in [-0.39, 0.29) is 29.7 Å². The highest BCUT2D eigenvalue weighted by Gasteiger charge is 2.52. The molecule has 0 aromatic carbocycles. The summed E-state index contributed by atoms with van der Waals surface area (Å²) in [5.74, 6) is -1.61. The van der Waals surface area contributed by atoms with Crippen molar-refractivity contribution in [2.45, 2.75) is 25.3 Å². The zero-order chi connectivity index (χ0) is 14.3. The summed E-state index contributed by atoms with van der Waals surface area (Å²) >= 11 is 0. The van der Waals surface area contributed by atoms with Crippen molar-refractivity contribution in [3.63, 3.8) is 0 Å². The van der Waals surface area contributed by atoms with Gasteiger partial charge in [0.1, 0.15) is 0 Å². The van der Waals surface area contributed by atoms with E-state index in [0.29, 0.717) is 13.2 Å². The third-order valence-corrected chi connectivity index (χ3v) is 5.12. The monoisotopic (exact) mass is 279 g/mol. The van der Waals surface area contributed by atoms with E-state index in [1.165, 1.54) is 0 Å². The number of aliphatic carboxylic acids is 1. The molecular weight excluding hydrogens is 258 g/mol. The Morgan fingerprint density at radius 2 is 1.75 bits per heavy atom. The summed E-state index contributed by atoms with van der Waals surface area (Å²) in [5.41, 5.74) is 0. The van der Waals surface area contributed by atoms with Crippen LogP contribution in [0.4, 0.5) is 0 Å². The third kappa shape index (κ3) is 2.14. The molecule has 4 atom stereocenters. The average molecular weight is 279 g/mol. The molecule has 5 heteroatoms. The molecule has 2 unspecified atom stereocenters. The van der Waals surface area contributed by atoms with Gasteiger partial charge in [0.25, 0.3) is 0 Å². The van der Waals surface area contributed by atoms with E-state index < -0.39 is 11.9 Å². The van der Waals surface area contributed by atoms with Gasteiger partial charge in [0.05, 0.1) is 11.8 Å². The fraction of sp³-hybridized carbons (Fsp3) is 0.733. The molecular formula is C15H21NO4. The van der Waals surface area contributed by atoms with Gasteiger partial charge >= 0.3 is 5.97 Å². The molecule has 1 saturated carbocycles. The normalized spacial score (nSPS) is 36.2. The summed E-state index contributed by atoms with van der Waals surface area (Å²) in [7, 11) is 1.81. The van der Waals surface area contributed by atoms with Crippen LogP contribution < -0.4 is 0 Å². The maximum Gasteiger partial charge on any atom is 0.307 e. The van der Waals surface area contributed by atoms with E-state index in [1.807, 2.05) is 19.2 Å². The topological polar surface area (TPSA) is 66.8 Å². The van der Waals surface area contributed by atoms with Crippen LogP contribution in [-0.2, 0) is 14.3 Å². The number of carbonyl (C=O) groups excluding carboxylic acids is 1. The second-order valence-electron chi connectivity index (χ2n) is 6.13. The first kappa shape index (κ1) is 13.6. The van der Waals surface area contributed by atoms with Crippen molar-refractivity contribution in [2.75, 3.05) is 20.3 Å². The number of hydrogen-bond donors (Lipinski definition) is 1. The molecule has 2 fully saturated rings. The van der Waals surface area contributed by atoms with Gasteiger partial charge in [-0.15, -0.1) is 0 Å². The molecule has 3 rings (SSSR count). The Kier molecular flexibility index (Phi) is 3.54. The maximum atomic E-state index is 12.7. The van der Waals surface area contributed by atoms with Crippen LogP contribution in [0.1, 0.15) is 19.3 Å². The Bertz CT molecular complexity index is 441. The Morgan fingerprint density at radius 1 is 1.15 bits per heavy atom. The van der Waals surface area contributed by atoms with E-state index in [9.17, 15) is 14.7 Å². The highest BCUT2D eigenvalue weighted by atomic mass is 16.5. The van der Waals surface area contributed by atoms with Crippen LogP contribution in [0, 0.1) is 23.7 Å². The molecule has 0 aromatic rings. The quantitative estimate of drug-likeness (QED) is 0.787. The van der Waals surface area contributed by atoms with Gasteiger partial charge < -0.3 is 14.7 Å². The zero-order valence-corrected chi connectivity index (χ0v) is 11.7. The molecule has 5 nitrogen and oxygen atoms in total. The largest absolute Gasteiger partial charge is 0.481 e. The summed E-state index contributed by atoms with van der Waals surface area (Å²) < 4.78 is 5.32. The summed E-state index contributed by atoms with van der Waals surface area (Å²) in [4.78, 5) is 26.0. The van der Waals surface area contributed by atoms with Crippen molar-refractivity contribution in [2.24, 2.45) is 23.7 Å². The van der Waals surface area contributed by atoms with Crippen LogP contribution in [-0.4, -0.2) is 48.2 Å². The summed E-state index contributed by atoms with van der Waals surface area (Å²) in [6.45, 7) is 1.36. The SMILES string of the molecule is CN(C(=O)[C@H]1C2C=CC(C2)[C@H]1C(=O)O)C1CCOCC1. The summed E-state index contributed by atoms with van der Waals surface area (Å²) in [6.07, 6.45) is 6.51. The van der Waals surface area contributed by atoms with Gasteiger partial charge in [0, 0.05) is 26.3 Å². The number of allylic oxidation sites excluding steroid dienone is 2. The summed E-state index contributed by atoms with van der Waals surface area (Å²) in [5, 5.41) is 9.42. The standard InChI is InChI=1S/C15H21NO4/c1-16(11-4-6-20-7-5-11)14(17)12-9-2-3-10(8-9)13(12)15(18)19/h2-3,9-13H,4-8H2,1H3,(H,18,19)/t9?,10?,12-,13+/m0/s1. The molecule has 110 valence electrons. The Morgan fingerprint density at radius 3 is 2.35 bits per heavy atom. The lowest BCUT2D eigenvalue weighted by Gasteiger charge is -2.35. The molecule has 2 aliphatic carbocycles. The second-order valence-corrected chi connectivity index (χ2v) is 6.13. The van der Waals surface area contributed by atoms with Crippen molar-refractivity contribution in [3.8, 4) is 0 Å². The van der Waals surface area contributed by atoms with E-state index >= 15 is 0 Å². The first-order valence-electron chi connectivity index (χ1n) is 7.35. The van der Waals surface area contributed by atoms with Crippen molar-refractivity contribution >= 4 is 11.9 Å². The number of nitrogens with zero attached hydrogens (tertiary/aromatic N) is 1. The number of rotatable bonds is 3. The molecule has 3 aliphatic rings. The van der Waals surface area contributed by atoms with Gasteiger partial charge in [-0.25, -0.2) is 0 Å². The summed E-state index contributed by atoms with van der Waals surface area (Å²) in [6, 6.07) is 0.189. The number of carboxylic acid groups (broad SMARTS) is 1. The number of fused-ring (bicyclic) bond motifs is 2. The molecule has 1 aliphatic heterocycles. The molecule has 1 amide bonds. The van der Waals surface area contributed by atoms with Gasteiger partial charge in [-0.3, -0.25) is 9.59 Å². The van der Waals surface area contributed by atoms with Crippen LogP contribution in [0.25, 0.3) is 0 Å². The van der Waals surface area contributed by atoms with E-state index in [1.54, 1.807) is 4.90 Å². The zero-order valence-electron chi connectivity index (χ0n) is 11.7. The first-order valence-corrected chi connectivity index (χ1v) is 7.35. The second kappa shape index (κ2) is 5.20. The Hall–Kier alpha value is -1.36. The smallest absolute Gasteiger partial charge is 0.307 e. The molecule has 0 aromatic heterocycles. The van der Waals surface area contributed by atoms with Crippen LogP contribution in [0.5, 0.6) is 0 Å². The highest BCUT2D eigenvalue weighted by Crippen LogP contribution is 2.48. The number of amides is 1. The van der Waals surface area contributed by atoms with Crippen LogP contribution >= 0.6 is 0 Å². The van der Waals surface area contributed by atoms with Gasteiger partial charge in [-0.1, -0.05) is 12.2 Å². The number of carboxylic acids is 1. The van der Waals surface area contributed by atoms with E-state index in [2.05, 4.69) is 0 Å². The molecule has 1 heterocycles. The maximum absolute atomic E-state index is 12.7. The number of hydrogen-bond acceptors (Lipinski definition) is 3. The van der Waals surface area contributed by atoms with Gasteiger partial charge in [-0.2, -0.15) is 0 Å². The predicted octanol–water partition coefficient (Wildman–Crippen LogP) is 1.15. The van der Waals surface area contributed by atoms with Crippen molar-refractivity contribution < 1.29 is 19.4 Å². The lowest BCUT2D eigenvalue weighted by Crippen LogP contribution is -2.47. The number of ether oxygens (including phenoxy) is 1. The van der Waals surface area contributed by atoms with Gasteiger partial charge in [0.15, 0.2) is 0 Å². The first-order chi connectivity index (χ1) is 9.59. The lowest BCUT2D eigenvalue weighted by atomic mass is 9.82. The third-order valence-electron chi connectivity index (χ3n) is 5.12. The Labute approximate surface area is 118 Å². The van der Waals surface area contributed by atoms with E-state index in [0.717, 1.165) is 19.3 Å². The van der Waals surface area contributed by atoms with Gasteiger partial charge in [0.2, 0.25) is 5.91 Å². The van der Waals surface area contributed by atoms with Gasteiger partial charge in [-0.05, 0) is 31.1 Å². The van der Waals surface area contributed by atoms with Crippen LogP contribution in [0.3, 0.4) is 0 Å². The fourth-order valence-electron chi connectivity index (χ4n) is 3.98. The van der Waals surface area contributed by atoms with E-state index in [4.69, 9.17) is 4.74 Å². The minimum Gasteiger partial charge on any atom is -0.481 e. The molecule has 2 bridgehead atoms. The predicted molar refractivity (Wildman–Crippen MR) is 72.0 cm³/mol. The molecule has 1 saturated heterocycles. The van der Waals surface area contributed by atoms with Crippen molar-refractivity contribution in [3.05, 3.63) is 12.2 Å². The highest BCUT2D eigenvalue weighted by molar-refractivity contribution is 5.87. The minimum absolute atomic E-state index is 0.00106. The molecule has 0 spiro atoms. The Balaban J connectivity index is 1.75.